The summed E-state index contributed by atoms with van der Waals surface area (Å²) in [4.78, 5) is 24.3. The Morgan fingerprint density at radius 3 is 2.69 bits per heavy atom. The van der Waals surface area contributed by atoms with Crippen LogP contribution in [0.2, 0.25) is 0 Å². The number of nitrogens with two attached hydrogens (primary N) is 1. The fourth-order valence-corrected chi connectivity index (χ4v) is 6.60. The number of carbonyl (C=O) groups excluding carboxylic acids is 1. The topological polar surface area (TPSA) is 90.6 Å². The van der Waals surface area contributed by atoms with Crippen LogP contribution in [-0.4, -0.2) is 65.1 Å². The van der Waals surface area contributed by atoms with Gasteiger partial charge in [-0.3, -0.25) is 9.69 Å². The fraction of sp³-hybridized carbons (Fsp3) is 0.682. The van der Waals surface area contributed by atoms with Gasteiger partial charge in [-0.25, -0.2) is 9.97 Å². The Morgan fingerprint density at radius 1 is 1.22 bits per heavy atom. The van der Waals surface area contributed by atoms with Gasteiger partial charge in [0, 0.05) is 30.4 Å². The third-order valence-corrected chi connectivity index (χ3v) is 8.22. The third-order valence-electron chi connectivity index (χ3n) is 7.04. The number of primary amides is 1. The molecule has 1 saturated carbocycles. The number of rotatable bonds is 6. The number of nitrogens with zero attached hydrogens (tertiary/aromatic N) is 3. The van der Waals surface area contributed by atoms with Crippen LogP contribution in [0, 0.1) is 0 Å². The number of fused-ring (bicyclic) bond motifs is 3. The Bertz CT molecular complexity index is 987. The normalized spacial score (nSPS) is 26.9. The second kappa shape index (κ2) is 8.79. The van der Waals surface area contributed by atoms with E-state index in [1.807, 2.05) is 0 Å². The van der Waals surface area contributed by atoms with Crippen LogP contribution >= 0.6 is 11.3 Å². The van der Waals surface area contributed by atoms with Crippen molar-refractivity contribution in [2.45, 2.75) is 68.9 Å². The van der Waals surface area contributed by atoms with E-state index < -0.39 is 24.2 Å². The number of alkyl halides is 2. The summed E-state index contributed by atoms with van der Waals surface area (Å²) in [6.45, 7) is 3.57. The molecule has 3 aliphatic rings. The van der Waals surface area contributed by atoms with Crippen LogP contribution in [-0.2, 0) is 16.0 Å². The van der Waals surface area contributed by atoms with Crippen LogP contribution in [0.15, 0.2) is 6.33 Å². The number of morpholine rings is 1. The van der Waals surface area contributed by atoms with E-state index in [4.69, 9.17) is 15.2 Å². The van der Waals surface area contributed by atoms with Gasteiger partial charge in [-0.05, 0) is 50.0 Å². The van der Waals surface area contributed by atoms with Crippen LogP contribution < -0.4 is 10.5 Å². The number of aromatic nitrogens is 2. The third kappa shape index (κ3) is 4.20. The summed E-state index contributed by atoms with van der Waals surface area (Å²) in [5, 5.41) is 0.741. The molecule has 7 nitrogen and oxygen atoms in total. The minimum absolute atomic E-state index is 0.0489. The van der Waals surface area contributed by atoms with Crippen LogP contribution in [0.4, 0.5) is 8.78 Å². The number of hydrogen-bond donors (Lipinski definition) is 1. The molecule has 2 N–H and O–H groups in total. The maximum Gasteiger partial charge on any atom is 0.324 e. The largest absolute Gasteiger partial charge is 0.474 e. The van der Waals surface area contributed by atoms with Crippen LogP contribution in [0.25, 0.3) is 10.2 Å². The maximum atomic E-state index is 14.1. The monoisotopic (exact) mass is 466 g/mol. The van der Waals surface area contributed by atoms with Gasteiger partial charge >= 0.3 is 5.92 Å². The Hall–Kier alpha value is -1.91. The van der Waals surface area contributed by atoms with Crippen molar-refractivity contribution in [3.05, 3.63) is 16.8 Å². The van der Waals surface area contributed by atoms with Gasteiger partial charge in [0.05, 0.1) is 18.6 Å². The highest BCUT2D eigenvalue weighted by atomic mass is 32.1. The molecule has 2 aromatic heterocycles. The predicted molar refractivity (Wildman–Crippen MR) is 116 cm³/mol. The molecule has 1 amide bonds. The molecule has 2 aromatic rings. The predicted octanol–water partition coefficient (Wildman–Crippen LogP) is 3.25. The molecule has 5 rings (SSSR count). The van der Waals surface area contributed by atoms with E-state index in [1.165, 1.54) is 17.7 Å². The molecule has 0 unspecified atom stereocenters. The van der Waals surface area contributed by atoms with Crippen molar-refractivity contribution in [3.63, 3.8) is 0 Å². The molecule has 0 aromatic carbocycles. The molecule has 32 heavy (non-hydrogen) atoms. The van der Waals surface area contributed by atoms with Gasteiger partial charge < -0.3 is 15.2 Å². The number of thiophene rings is 1. The SMILES string of the molecule is NC(=O)C(F)(F)C[C@H]1CCc2sc3ncnc(OC4CCC(N5CCOCC5)CC4)c3c21. The second-order valence-corrected chi connectivity index (χ2v) is 10.1. The smallest absolute Gasteiger partial charge is 0.324 e. The number of ether oxygens (including phenoxy) is 2. The molecule has 2 fully saturated rings. The van der Waals surface area contributed by atoms with E-state index in [0.29, 0.717) is 24.8 Å². The van der Waals surface area contributed by atoms with Crippen molar-refractivity contribution in [1.82, 2.24) is 14.9 Å². The molecule has 0 bridgehead atoms. The highest BCUT2D eigenvalue weighted by molar-refractivity contribution is 7.19. The van der Waals surface area contributed by atoms with Crippen molar-refractivity contribution >= 4 is 27.5 Å². The minimum atomic E-state index is -3.53. The average Bonchev–Trinajstić information content (AvgIpc) is 3.35. The molecule has 3 heterocycles. The standard InChI is InChI=1S/C22H28F2N4O3S/c23-22(24,21(25)29)11-13-1-6-16-17(13)18-19(26-12-27-20(18)32-16)31-15-4-2-14(3-5-15)28-7-9-30-10-8-28/h12-15H,1-11H2,(H2,25,29)/t13-,14?,15?/m1/s1. The van der Waals surface area contributed by atoms with Crippen molar-refractivity contribution in [3.8, 4) is 5.88 Å². The number of aryl methyl sites for hydroxylation is 1. The lowest BCUT2D eigenvalue weighted by molar-refractivity contribution is -0.143. The zero-order valence-corrected chi connectivity index (χ0v) is 18.7. The van der Waals surface area contributed by atoms with Crippen LogP contribution in [0.5, 0.6) is 5.88 Å². The summed E-state index contributed by atoms with van der Waals surface area (Å²) in [7, 11) is 0. The van der Waals surface area contributed by atoms with Gasteiger partial charge in [0.2, 0.25) is 5.88 Å². The van der Waals surface area contributed by atoms with E-state index in [1.54, 1.807) is 0 Å². The Balaban J connectivity index is 1.33. The maximum absolute atomic E-state index is 14.1. The van der Waals surface area contributed by atoms with Crippen LogP contribution in [0.3, 0.4) is 0 Å². The Morgan fingerprint density at radius 2 is 1.97 bits per heavy atom. The molecular formula is C22H28F2N4O3S. The molecule has 1 aliphatic heterocycles. The Labute approximate surface area is 189 Å². The molecule has 2 aliphatic carbocycles. The van der Waals surface area contributed by atoms with E-state index >= 15 is 0 Å². The lowest BCUT2D eigenvalue weighted by Crippen LogP contribution is -2.46. The molecule has 1 atom stereocenters. The summed E-state index contributed by atoms with van der Waals surface area (Å²) in [5.41, 5.74) is 5.75. The summed E-state index contributed by atoms with van der Waals surface area (Å²) >= 11 is 1.51. The van der Waals surface area contributed by atoms with Gasteiger partial charge in [0.25, 0.3) is 5.91 Å². The summed E-state index contributed by atoms with van der Waals surface area (Å²) in [6.07, 6.45) is 6.20. The van der Waals surface area contributed by atoms with Gasteiger partial charge in [0.15, 0.2) is 0 Å². The van der Waals surface area contributed by atoms with Crippen molar-refractivity contribution in [1.29, 1.82) is 0 Å². The quantitative estimate of drug-likeness (QED) is 0.703. The molecule has 0 spiro atoms. The first kappa shape index (κ1) is 21.9. The van der Waals surface area contributed by atoms with Gasteiger partial charge in [0.1, 0.15) is 17.3 Å². The van der Waals surface area contributed by atoms with Crippen LogP contribution in [0.1, 0.15) is 54.9 Å². The number of halogens is 2. The van der Waals surface area contributed by atoms with Crippen molar-refractivity contribution in [2.75, 3.05) is 26.3 Å². The molecule has 1 saturated heterocycles. The summed E-state index contributed by atoms with van der Waals surface area (Å²) in [5.74, 6) is -5.08. The Kier molecular flexibility index (Phi) is 6.02. The number of carbonyl (C=O) groups is 1. The molecule has 174 valence electrons. The van der Waals surface area contributed by atoms with Gasteiger partial charge in [-0.15, -0.1) is 11.3 Å². The summed E-state index contributed by atoms with van der Waals surface area (Å²) in [6, 6.07) is 0.565. The fourth-order valence-electron chi connectivity index (χ4n) is 5.37. The molecule has 10 heteroatoms. The van der Waals surface area contributed by atoms with E-state index in [0.717, 1.165) is 72.6 Å². The molecular weight excluding hydrogens is 438 g/mol. The van der Waals surface area contributed by atoms with Crippen molar-refractivity contribution < 1.29 is 23.0 Å². The lowest BCUT2D eigenvalue weighted by Gasteiger charge is -2.38. The zero-order chi connectivity index (χ0) is 22.3. The first-order valence-corrected chi connectivity index (χ1v) is 12.2. The zero-order valence-electron chi connectivity index (χ0n) is 17.9. The van der Waals surface area contributed by atoms with Gasteiger partial charge in [-0.1, -0.05) is 0 Å². The average molecular weight is 467 g/mol. The number of hydrogen-bond acceptors (Lipinski definition) is 7. The van der Waals surface area contributed by atoms with E-state index in [2.05, 4.69) is 14.9 Å². The van der Waals surface area contributed by atoms with E-state index in [-0.39, 0.29) is 6.10 Å². The number of amides is 1. The minimum Gasteiger partial charge on any atom is -0.474 e. The van der Waals surface area contributed by atoms with Gasteiger partial charge in [-0.2, -0.15) is 8.78 Å². The lowest BCUT2D eigenvalue weighted by atomic mass is 9.91. The summed E-state index contributed by atoms with van der Waals surface area (Å²) < 4.78 is 40.0. The van der Waals surface area contributed by atoms with E-state index in [9.17, 15) is 13.6 Å². The first-order chi connectivity index (χ1) is 15.4. The highest BCUT2D eigenvalue weighted by Crippen LogP contribution is 2.49. The second-order valence-electron chi connectivity index (χ2n) is 9.00. The van der Waals surface area contributed by atoms with Crippen molar-refractivity contribution in [2.24, 2.45) is 5.73 Å². The highest BCUT2D eigenvalue weighted by Gasteiger charge is 2.43. The first-order valence-electron chi connectivity index (χ1n) is 11.3. The molecule has 0 radical (unpaired) electrons.